The zero-order valence-corrected chi connectivity index (χ0v) is 10.8. The van der Waals surface area contributed by atoms with E-state index in [0.29, 0.717) is 12.1 Å². The van der Waals surface area contributed by atoms with Crippen LogP contribution < -0.4 is 0 Å². The first kappa shape index (κ1) is 14.4. The number of carbonyl (C=O) groups is 1. The lowest BCUT2D eigenvalue weighted by atomic mass is 10.0. The maximum Gasteiger partial charge on any atom is 0.317 e. The number of nitrogens with zero attached hydrogens (tertiary/aromatic N) is 1. The van der Waals surface area contributed by atoms with Crippen molar-refractivity contribution in [1.29, 1.82) is 0 Å². The number of hydrogen-bond acceptors (Lipinski definition) is 3. The van der Waals surface area contributed by atoms with Gasteiger partial charge in [-0.2, -0.15) is 0 Å². The Hall–Kier alpha value is -1.62. The molecule has 0 saturated heterocycles. The molecular weight excluding hydrogens is 237 g/mol. The summed E-state index contributed by atoms with van der Waals surface area (Å²) in [4.78, 5) is 12.5. The summed E-state index contributed by atoms with van der Waals surface area (Å²) in [5.41, 5.74) is 0.286. The number of rotatable bonds is 4. The second-order valence-electron chi connectivity index (χ2n) is 5.21. The Bertz CT molecular complexity index is 440. The molecule has 0 saturated carbocycles. The van der Waals surface area contributed by atoms with Crippen molar-refractivity contribution in [3.8, 4) is 5.75 Å². The van der Waals surface area contributed by atoms with Gasteiger partial charge in [0.2, 0.25) is 0 Å². The quantitative estimate of drug-likeness (QED) is 0.866. The summed E-state index contributed by atoms with van der Waals surface area (Å²) in [5, 5.41) is 18.0. The second-order valence-corrected chi connectivity index (χ2v) is 5.21. The lowest BCUT2D eigenvalue weighted by molar-refractivity contribution is -0.139. The SMILES string of the molecule is CC(C)(C)N(CC(=O)O)Cc1ccc(O)c(F)c1. The van der Waals surface area contributed by atoms with Crippen LogP contribution in [-0.4, -0.2) is 33.2 Å². The molecule has 0 aliphatic carbocycles. The Kier molecular flexibility index (Phi) is 4.29. The first-order valence-corrected chi connectivity index (χ1v) is 5.64. The Morgan fingerprint density at radius 1 is 1.39 bits per heavy atom. The zero-order chi connectivity index (χ0) is 13.9. The molecule has 0 amide bonds. The lowest BCUT2D eigenvalue weighted by Crippen LogP contribution is -2.43. The summed E-state index contributed by atoms with van der Waals surface area (Å²) in [6, 6.07) is 4.07. The highest BCUT2D eigenvalue weighted by molar-refractivity contribution is 5.69. The Balaban J connectivity index is 2.89. The average Bonchev–Trinajstić information content (AvgIpc) is 2.20. The molecule has 2 N–H and O–H groups in total. The number of phenols is 1. The van der Waals surface area contributed by atoms with Crippen LogP contribution >= 0.6 is 0 Å². The van der Waals surface area contributed by atoms with Crippen molar-refractivity contribution in [2.75, 3.05) is 6.54 Å². The number of halogens is 1. The third-order valence-electron chi connectivity index (χ3n) is 2.66. The Morgan fingerprint density at radius 2 is 2.00 bits per heavy atom. The van der Waals surface area contributed by atoms with Gasteiger partial charge in [0.25, 0.3) is 0 Å². The summed E-state index contributed by atoms with van der Waals surface area (Å²) in [5.74, 6) is -2.03. The van der Waals surface area contributed by atoms with Crippen molar-refractivity contribution in [3.05, 3.63) is 29.6 Å². The van der Waals surface area contributed by atoms with Gasteiger partial charge in [0.1, 0.15) is 0 Å². The van der Waals surface area contributed by atoms with Crippen molar-refractivity contribution in [3.63, 3.8) is 0 Å². The molecule has 4 nitrogen and oxygen atoms in total. The molecular formula is C13H18FNO3. The fourth-order valence-electron chi connectivity index (χ4n) is 1.56. The maximum atomic E-state index is 13.2. The molecule has 0 bridgehead atoms. The molecule has 0 spiro atoms. The second kappa shape index (κ2) is 5.35. The summed E-state index contributed by atoms with van der Waals surface area (Å²) >= 11 is 0. The average molecular weight is 255 g/mol. The molecule has 18 heavy (non-hydrogen) atoms. The number of hydrogen-bond donors (Lipinski definition) is 2. The molecule has 0 aromatic heterocycles. The van der Waals surface area contributed by atoms with Crippen LogP contribution in [-0.2, 0) is 11.3 Å². The van der Waals surface area contributed by atoms with Gasteiger partial charge in [0.05, 0.1) is 6.54 Å². The van der Waals surface area contributed by atoms with Gasteiger partial charge in [0, 0.05) is 12.1 Å². The predicted octanol–water partition coefficient (Wildman–Crippen LogP) is 2.22. The molecule has 1 rings (SSSR count). The third kappa shape index (κ3) is 4.00. The Morgan fingerprint density at radius 3 is 2.44 bits per heavy atom. The van der Waals surface area contributed by atoms with Gasteiger partial charge in [-0.05, 0) is 38.5 Å². The molecule has 1 aromatic rings. The van der Waals surface area contributed by atoms with Gasteiger partial charge < -0.3 is 10.2 Å². The van der Waals surface area contributed by atoms with E-state index in [1.807, 2.05) is 20.8 Å². The molecule has 100 valence electrons. The number of carboxylic acids is 1. The molecule has 0 unspecified atom stereocenters. The van der Waals surface area contributed by atoms with Crippen LogP contribution in [0.25, 0.3) is 0 Å². The van der Waals surface area contributed by atoms with Gasteiger partial charge in [-0.1, -0.05) is 6.07 Å². The maximum absolute atomic E-state index is 13.2. The highest BCUT2D eigenvalue weighted by atomic mass is 19.1. The fraction of sp³-hybridized carbons (Fsp3) is 0.462. The molecule has 5 heteroatoms. The zero-order valence-electron chi connectivity index (χ0n) is 10.8. The van der Waals surface area contributed by atoms with Crippen molar-refractivity contribution in [2.24, 2.45) is 0 Å². The first-order chi connectivity index (χ1) is 8.20. The van der Waals surface area contributed by atoms with E-state index in [0.717, 1.165) is 0 Å². The summed E-state index contributed by atoms with van der Waals surface area (Å²) in [6.07, 6.45) is 0. The molecule has 0 radical (unpaired) electrons. The number of carboxylic acid groups (broad SMARTS) is 1. The summed E-state index contributed by atoms with van der Waals surface area (Å²) in [6.45, 7) is 5.88. The monoisotopic (exact) mass is 255 g/mol. The number of benzene rings is 1. The van der Waals surface area contributed by atoms with Crippen LogP contribution in [0.3, 0.4) is 0 Å². The van der Waals surface area contributed by atoms with E-state index in [1.54, 1.807) is 11.0 Å². The van der Waals surface area contributed by atoms with Gasteiger partial charge in [-0.15, -0.1) is 0 Å². The molecule has 0 atom stereocenters. The smallest absolute Gasteiger partial charge is 0.317 e. The largest absolute Gasteiger partial charge is 0.505 e. The van der Waals surface area contributed by atoms with Crippen LogP contribution in [0.2, 0.25) is 0 Å². The minimum atomic E-state index is -0.927. The van der Waals surface area contributed by atoms with E-state index < -0.39 is 17.5 Å². The summed E-state index contributed by atoms with van der Waals surface area (Å²) in [7, 11) is 0. The van der Waals surface area contributed by atoms with E-state index in [2.05, 4.69) is 0 Å². The van der Waals surface area contributed by atoms with Crippen molar-refractivity contribution >= 4 is 5.97 Å². The molecule has 1 aromatic carbocycles. The highest BCUT2D eigenvalue weighted by Crippen LogP contribution is 2.21. The topological polar surface area (TPSA) is 60.8 Å². The van der Waals surface area contributed by atoms with Crippen molar-refractivity contribution in [2.45, 2.75) is 32.9 Å². The first-order valence-electron chi connectivity index (χ1n) is 5.64. The molecule has 0 aliphatic heterocycles. The minimum absolute atomic E-state index is 0.119. The standard InChI is InChI=1S/C13H18FNO3/c1-13(2,3)15(8-12(17)18)7-9-4-5-11(16)10(14)6-9/h4-6,16H,7-8H2,1-3H3,(H,17,18). The fourth-order valence-corrected chi connectivity index (χ4v) is 1.56. The van der Waals surface area contributed by atoms with E-state index in [-0.39, 0.29) is 12.1 Å². The number of aromatic hydroxyl groups is 1. The van der Waals surface area contributed by atoms with Crippen molar-refractivity contribution < 1.29 is 19.4 Å². The molecule has 0 heterocycles. The van der Waals surface area contributed by atoms with Crippen LogP contribution in [0.5, 0.6) is 5.75 Å². The Labute approximate surface area is 106 Å². The van der Waals surface area contributed by atoms with Crippen LogP contribution in [0.1, 0.15) is 26.3 Å². The predicted molar refractivity (Wildman–Crippen MR) is 65.9 cm³/mol. The lowest BCUT2D eigenvalue weighted by Gasteiger charge is -2.34. The van der Waals surface area contributed by atoms with Gasteiger partial charge >= 0.3 is 5.97 Å². The van der Waals surface area contributed by atoms with Crippen LogP contribution in [0, 0.1) is 5.82 Å². The van der Waals surface area contributed by atoms with E-state index in [4.69, 9.17) is 10.2 Å². The number of phenolic OH excluding ortho intramolecular Hbond substituents is 1. The van der Waals surface area contributed by atoms with E-state index >= 15 is 0 Å². The van der Waals surface area contributed by atoms with Gasteiger partial charge in [0.15, 0.2) is 11.6 Å². The van der Waals surface area contributed by atoms with E-state index in [9.17, 15) is 9.18 Å². The minimum Gasteiger partial charge on any atom is -0.505 e. The van der Waals surface area contributed by atoms with Crippen LogP contribution in [0.4, 0.5) is 4.39 Å². The number of aliphatic carboxylic acids is 1. The van der Waals surface area contributed by atoms with E-state index in [1.165, 1.54) is 12.1 Å². The third-order valence-corrected chi connectivity index (χ3v) is 2.66. The van der Waals surface area contributed by atoms with Crippen molar-refractivity contribution in [1.82, 2.24) is 4.90 Å². The van der Waals surface area contributed by atoms with Gasteiger partial charge in [-0.25, -0.2) is 4.39 Å². The van der Waals surface area contributed by atoms with Gasteiger partial charge in [-0.3, -0.25) is 9.69 Å². The normalized spacial score (nSPS) is 11.8. The summed E-state index contributed by atoms with van der Waals surface area (Å²) < 4.78 is 13.2. The van der Waals surface area contributed by atoms with Crippen LogP contribution in [0.15, 0.2) is 18.2 Å². The molecule has 0 aliphatic rings. The molecule has 0 fully saturated rings. The highest BCUT2D eigenvalue weighted by Gasteiger charge is 2.23.